The van der Waals surface area contributed by atoms with Crippen LogP contribution in [-0.4, -0.2) is 20.4 Å². The topological polar surface area (TPSA) is 75.3 Å². The van der Waals surface area contributed by atoms with E-state index in [4.69, 9.17) is 0 Å². The molecule has 1 amide bonds. The molecule has 5 nitrogen and oxygen atoms in total. The number of halogens is 1. The van der Waals surface area contributed by atoms with Gasteiger partial charge in [0, 0.05) is 9.35 Å². The van der Waals surface area contributed by atoms with Crippen molar-refractivity contribution in [2.75, 3.05) is 0 Å². The molecule has 0 aliphatic heterocycles. The number of hydrogen-bond donors (Lipinski definition) is 2. The maximum Gasteiger partial charge on any atom is 0.241 e. The number of thiophene rings is 1. The molecule has 0 aliphatic carbocycles. The molecule has 2 N–H and O–H groups in total. The van der Waals surface area contributed by atoms with Gasteiger partial charge in [0.05, 0.1) is 11.4 Å². The SMILES string of the molecule is Cc1ccsc1CNC(=O)[C@@H](NS(=O)(=O)c1ccc(Br)cc1)C(C)C. The number of carbonyl (C=O) groups is 1. The van der Waals surface area contributed by atoms with Crippen LogP contribution in [-0.2, 0) is 21.4 Å². The maximum absolute atomic E-state index is 12.5. The van der Waals surface area contributed by atoms with Gasteiger partial charge in [-0.25, -0.2) is 8.42 Å². The second-order valence-corrected chi connectivity index (χ2v) is 9.67. The zero-order valence-electron chi connectivity index (χ0n) is 14.2. The van der Waals surface area contributed by atoms with Crippen LogP contribution in [0.4, 0.5) is 0 Å². The van der Waals surface area contributed by atoms with E-state index in [1.54, 1.807) is 23.5 Å². The Labute approximate surface area is 161 Å². The largest absolute Gasteiger partial charge is 0.350 e. The summed E-state index contributed by atoms with van der Waals surface area (Å²) < 4.78 is 28.4. The van der Waals surface area contributed by atoms with E-state index in [9.17, 15) is 13.2 Å². The highest BCUT2D eigenvalue weighted by Gasteiger charge is 2.28. The van der Waals surface area contributed by atoms with Crippen molar-refractivity contribution in [3.8, 4) is 0 Å². The Morgan fingerprint density at radius 3 is 2.36 bits per heavy atom. The summed E-state index contributed by atoms with van der Waals surface area (Å²) in [6, 6.07) is 7.45. The van der Waals surface area contributed by atoms with Gasteiger partial charge in [-0.3, -0.25) is 4.79 Å². The van der Waals surface area contributed by atoms with E-state index in [0.717, 1.165) is 14.9 Å². The standard InChI is InChI=1S/C17H21BrN2O3S2/c1-11(2)16(17(21)19-10-15-12(3)8-9-24-15)20-25(22,23)14-6-4-13(18)5-7-14/h4-9,11,16,20H,10H2,1-3H3,(H,19,21)/t16-/m0/s1. The second kappa shape index (κ2) is 8.44. The fourth-order valence-electron chi connectivity index (χ4n) is 2.20. The molecule has 8 heteroatoms. The molecule has 136 valence electrons. The van der Waals surface area contributed by atoms with Crippen molar-refractivity contribution in [2.45, 2.75) is 38.3 Å². The van der Waals surface area contributed by atoms with E-state index in [1.165, 1.54) is 12.1 Å². The lowest BCUT2D eigenvalue weighted by Gasteiger charge is -2.21. The van der Waals surface area contributed by atoms with E-state index >= 15 is 0 Å². The highest BCUT2D eigenvalue weighted by Crippen LogP contribution is 2.17. The molecule has 2 aromatic rings. The molecule has 1 aromatic heterocycles. The van der Waals surface area contributed by atoms with E-state index in [-0.39, 0.29) is 16.7 Å². The molecule has 1 heterocycles. The molecule has 0 bridgehead atoms. The Morgan fingerprint density at radius 1 is 1.20 bits per heavy atom. The van der Waals surface area contributed by atoms with Crippen LogP contribution in [0.2, 0.25) is 0 Å². The van der Waals surface area contributed by atoms with Gasteiger partial charge in [0.1, 0.15) is 6.04 Å². The van der Waals surface area contributed by atoms with Gasteiger partial charge in [-0.05, 0) is 54.1 Å². The highest BCUT2D eigenvalue weighted by molar-refractivity contribution is 9.10. The first-order chi connectivity index (χ1) is 11.7. The summed E-state index contributed by atoms with van der Waals surface area (Å²) in [5, 5.41) is 4.79. The zero-order valence-corrected chi connectivity index (χ0v) is 17.5. The van der Waals surface area contributed by atoms with Crippen molar-refractivity contribution in [1.29, 1.82) is 0 Å². The Hall–Kier alpha value is -1.22. The number of sulfonamides is 1. The van der Waals surface area contributed by atoms with Crippen LogP contribution in [0, 0.1) is 12.8 Å². The fraction of sp³-hybridized carbons (Fsp3) is 0.353. The molecule has 0 saturated carbocycles. The first-order valence-corrected chi connectivity index (χ1v) is 10.9. The summed E-state index contributed by atoms with van der Waals surface area (Å²) in [6.45, 7) is 6.00. The van der Waals surface area contributed by atoms with E-state index in [2.05, 4.69) is 26.0 Å². The lowest BCUT2D eigenvalue weighted by Crippen LogP contribution is -2.49. The second-order valence-electron chi connectivity index (χ2n) is 6.04. The summed E-state index contributed by atoms with van der Waals surface area (Å²) in [5.74, 6) is -0.516. The summed E-state index contributed by atoms with van der Waals surface area (Å²) in [6.07, 6.45) is 0. The van der Waals surface area contributed by atoms with Crippen LogP contribution in [0.1, 0.15) is 24.3 Å². The van der Waals surface area contributed by atoms with Crippen molar-refractivity contribution < 1.29 is 13.2 Å². The van der Waals surface area contributed by atoms with Crippen molar-refractivity contribution in [3.63, 3.8) is 0 Å². The van der Waals surface area contributed by atoms with Gasteiger partial charge in [0.2, 0.25) is 15.9 Å². The van der Waals surface area contributed by atoms with Gasteiger partial charge in [-0.2, -0.15) is 4.72 Å². The van der Waals surface area contributed by atoms with Gasteiger partial charge >= 0.3 is 0 Å². The van der Waals surface area contributed by atoms with Gasteiger partial charge < -0.3 is 5.32 Å². The van der Waals surface area contributed by atoms with Crippen LogP contribution in [0.25, 0.3) is 0 Å². The highest BCUT2D eigenvalue weighted by atomic mass is 79.9. The molecule has 0 unspecified atom stereocenters. The lowest BCUT2D eigenvalue weighted by atomic mass is 10.1. The van der Waals surface area contributed by atoms with Crippen LogP contribution < -0.4 is 10.0 Å². The Bertz CT molecular complexity index is 830. The number of hydrogen-bond acceptors (Lipinski definition) is 4. The number of amides is 1. The van der Waals surface area contributed by atoms with Crippen LogP contribution in [0.3, 0.4) is 0 Å². The van der Waals surface area contributed by atoms with Gasteiger partial charge in [0.25, 0.3) is 0 Å². The third kappa shape index (κ3) is 5.37. The van der Waals surface area contributed by atoms with E-state index in [0.29, 0.717) is 6.54 Å². The molecule has 0 aliphatic rings. The first-order valence-electron chi connectivity index (χ1n) is 7.79. The monoisotopic (exact) mass is 444 g/mol. The molecule has 0 fully saturated rings. The molecule has 0 radical (unpaired) electrons. The van der Waals surface area contributed by atoms with Crippen LogP contribution >= 0.6 is 27.3 Å². The van der Waals surface area contributed by atoms with Crippen LogP contribution in [0.5, 0.6) is 0 Å². The van der Waals surface area contributed by atoms with Crippen molar-refractivity contribution in [1.82, 2.24) is 10.0 Å². The van der Waals surface area contributed by atoms with Crippen molar-refractivity contribution in [2.24, 2.45) is 5.92 Å². The zero-order chi connectivity index (χ0) is 18.6. The smallest absolute Gasteiger partial charge is 0.241 e. The molecule has 0 saturated heterocycles. The van der Waals surface area contributed by atoms with Crippen molar-refractivity contribution in [3.05, 3.63) is 50.6 Å². The number of rotatable bonds is 7. The Balaban J connectivity index is 2.10. The summed E-state index contributed by atoms with van der Waals surface area (Å²) in [5.41, 5.74) is 1.11. The average Bonchev–Trinajstić information content (AvgIpc) is 2.95. The number of aryl methyl sites for hydroxylation is 1. The van der Waals surface area contributed by atoms with E-state index in [1.807, 2.05) is 32.2 Å². The van der Waals surface area contributed by atoms with Gasteiger partial charge in [-0.15, -0.1) is 11.3 Å². The number of carbonyl (C=O) groups excluding carboxylic acids is 1. The summed E-state index contributed by atoms with van der Waals surface area (Å²) >= 11 is 4.84. The van der Waals surface area contributed by atoms with E-state index < -0.39 is 16.1 Å². The molecular weight excluding hydrogens is 424 g/mol. The minimum absolute atomic E-state index is 0.128. The fourth-order valence-corrected chi connectivity index (χ4v) is 4.66. The number of nitrogens with one attached hydrogen (secondary N) is 2. The Morgan fingerprint density at radius 2 is 1.84 bits per heavy atom. The summed E-state index contributed by atoms with van der Waals surface area (Å²) in [4.78, 5) is 13.7. The molecule has 1 aromatic carbocycles. The normalized spacial score (nSPS) is 13.0. The predicted octanol–water partition coefficient (Wildman–Crippen LogP) is 3.44. The molecule has 0 spiro atoms. The van der Waals surface area contributed by atoms with Crippen molar-refractivity contribution >= 4 is 43.2 Å². The molecule has 1 atom stereocenters. The predicted molar refractivity (Wildman–Crippen MR) is 104 cm³/mol. The minimum Gasteiger partial charge on any atom is -0.350 e. The average molecular weight is 445 g/mol. The Kier molecular flexibility index (Phi) is 6.79. The molecular formula is C17H21BrN2O3S2. The minimum atomic E-state index is -3.78. The summed E-state index contributed by atoms with van der Waals surface area (Å²) in [7, 11) is -3.78. The number of benzene rings is 1. The van der Waals surface area contributed by atoms with Crippen LogP contribution in [0.15, 0.2) is 45.1 Å². The molecule has 25 heavy (non-hydrogen) atoms. The maximum atomic E-state index is 12.5. The quantitative estimate of drug-likeness (QED) is 0.686. The molecule has 2 rings (SSSR count). The van der Waals surface area contributed by atoms with Gasteiger partial charge in [0.15, 0.2) is 0 Å². The van der Waals surface area contributed by atoms with Gasteiger partial charge in [-0.1, -0.05) is 29.8 Å². The third-order valence-corrected chi connectivity index (χ3v) is 6.76. The third-order valence-electron chi connectivity index (χ3n) is 3.75. The first kappa shape index (κ1) is 20.1. The lowest BCUT2D eigenvalue weighted by molar-refractivity contribution is -0.123.